The molecule has 18 heavy (non-hydrogen) atoms. The first-order valence-corrected chi connectivity index (χ1v) is 6.74. The summed E-state index contributed by atoms with van der Waals surface area (Å²) in [5, 5.41) is 8.70. The minimum atomic E-state index is -0.799. The number of carboxylic acids is 1. The average Bonchev–Trinajstić information content (AvgIpc) is 3.14. The molecule has 0 radical (unpaired) electrons. The first-order chi connectivity index (χ1) is 8.54. The van der Waals surface area contributed by atoms with E-state index in [9.17, 15) is 9.59 Å². The summed E-state index contributed by atoms with van der Waals surface area (Å²) in [5.41, 5.74) is 0. The molecule has 0 atom stereocenters. The van der Waals surface area contributed by atoms with E-state index in [4.69, 9.17) is 5.11 Å². The molecule has 0 aliphatic heterocycles. The molecule has 104 valence electrons. The smallest absolute Gasteiger partial charge is 0.304 e. The van der Waals surface area contributed by atoms with Gasteiger partial charge in [0, 0.05) is 26.2 Å². The minimum absolute atomic E-state index is 0.0979. The Morgan fingerprint density at radius 2 is 1.94 bits per heavy atom. The van der Waals surface area contributed by atoms with Crippen molar-refractivity contribution in [3.05, 3.63) is 0 Å². The maximum atomic E-state index is 12.0. The van der Waals surface area contributed by atoms with Crippen LogP contribution in [0, 0.1) is 0 Å². The van der Waals surface area contributed by atoms with E-state index in [0.717, 1.165) is 32.2 Å². The van der Waals surface area contributed by atoms with Crippen LogP contribution in [-0.2, 0) is 9.59 Å². The lowest BCUT2D eigenvalue weighted by Crippen LogP contribution is -2.40. The van der Waals surface area contributed by atoms with Crippen molar-refractivity contribution in [1.29, 1.82) is 0 Å². The van der Waals surface area contributed by atoms with Crippen LogP contribution in [0.1, 0.15) is 39.0 Å². The van der Waals surface area contributed by atoms with Gasteiger partial charge in [0.2, 0.25) is 5.91 Å². The van der Waals surface area contributed by atoms with E-state index in [-0.39, 0.29) is 12.3 Å². The van der Waals surface area contributed by atoms with Crippen LogP contribution >= 0.6 is 0 Å². The predicted octanol–water partition coefficient (Wildman–Crippen LogP) is 1.18. The lowest BCUT2D eigenvalue weighted by molar-refractivity contribution is -0.138. The summed E-state index contributed by atoms with van der Waals surface area (Å²) in [6.07, 6.45) is 4.38. The van der Waals surface area contributed by atoms with Gasteiger partial charge in [0.15, 0.2) is 0 Å². The fourth-order valence-corrected chi connectivity index (χ4v) is 1.88. The fourth-order valence-electron chi connectivity index (χ4n) is 1.88. The molecule has 5 nitrogen and oxygen atoms in total. The van der Waals surface area contributed by atoms with E-state index in [1.807, 2.05) is 11.9 Å². The van der Waals surface area contributed by atoms with Gasteiger partial charge in [-0.3, -0.25) is 14.5 Å². The van der Waals surface area contributed by atoms with Gasteiger partial charge in [0.1, 0.15) is 0 Å². The number of carbonyl (C=O) groups is 2. The summed E-state index contributed by atoms with van der Waals surface area (Å²) in [5.74, 6) is -0.701. The fraction of sp³-hybridized carbons (Fsp3) is 0.846. The Balaban J connectivity index is 2.35. The lowest BCUT2D eigenvalue weighted by atomic mass is 10.3. The molecule has 1 aliphatic rings. The highest BCUT2D eigenvalue weighted by molar-refractivity contribution is 5.78. The quantitative estimate of drug-likeness (QED) is 0.673. The number of carboxylic acid groups (broad SMARTS) is 1. The Morgan fingerprint density at radius 1 is 1.28 bits per heavy atom. The van der Waals surface area contributed by atoms with E-state index in [1.54, 1.807) is 4.90 Å². The van der Waals surface area contributed by atoms with Crippen LogP contribution in [0.4, 0.5) is 0 Å². The standard InChI is InChI=1S/C13H24N2O3/c1-3-4-8-14(2)12(16)10-15(11-5-6-11)9-7-13(17)18/h11H,3-10H2,1-2H3,(H,17,18). The second-order valence-corrected chi connectivity index (χ2v) is 5.01. The summed E-state index contributed by atoms with van der Waals surface area (Å²) < 4.78 is 0. The molecule has 1 aliphatic carbocycles. The van der Waals surface area contributed by atoms with Crippen molar-refractivity contribution >= 4 is 11.9 Å². The summed E-state index contributed by atoms with van der Waals surface area (Å²) in [7, 11) is 1.82. The second kappa shape index (κ2) is 7.36. The zero-order valence-corrected chi connectivity index (χ0v) is 11.4. The van der Waals surface area contributed by atoms with Crippen molar-refractivity contribution in [2.45, 2.75) is 45.1 Å². The number of rotatable bonds is 9. The molecule has 0 bridgehead atoms. The summed E-state index contributed by atoms with van der Waals surface area (Å²) in [6.45, 7) is 3.72. The number of carbonyl (C=O) groups excluding carboxylic acids is 1. The number of nitrogens with zero attached hydrogens (tertiary/aromatic N) is 2. The third-order valence-corrected chi connectivity index (χ3v) is 3.29. The summed E-state index contributed by atoms with van der Waals surface area (Å²) in [4.78, 5) is 26.3. The van der Waals surface area contributed by atoms with Gasteiger partial charge in [0.05, 0.1) is 13.0 Å². The molecular formula is C13H24N2O3. The van der Waals surface area contributed by atoms with Gasteiger partial charge in [-0.1, -0.05) is 13.3 Å². The van der Waals surface area contributed by atoms with E-state index in [1.165, 1.54) is 0 Å². The molecule has 0 aromatic carbocycles. The zero-order valence-electron chi connectivity index (χ0n) is 11.4. The van der Waals surface area contributed by atoms with E-state index in [2.05, 4.69) is 6.92 Å². The van der Waals surface area contributed by atoms with E-state index in [0.29, 0.717) is 19.1 Å². The minimum Gasteiger partial charge on any atom is -0.481 e. The van der Waals surface area contributed by atoms with Crippen LogP contribution in [0.3, 0.4) is 0 Å². The molecule has 1 amide bonds. The van der Waals surface area contributed by atoms with Gasteiger partial charge in [0.25, 0.3) is 0 Å². The monoisotopic (exact) mass is 256 g/mol. The molecule has 0 aromatic heterocycles. The number of hydrogen-bond donors (Lipinski definition) is 1. The van der Waals surface area contributed by atoms with Crippen molar-refractivity contribution in [3.8, 4) is 0 Å². The third kappa shape index (κ3) is 5.49. The normalized spacial score (nSPS) is 14.8. The Kier molecular flexibility index (Phi) is 6.12. The molecule has 0 spiro atoms. The van der Waals surface area contributed by atoms with Gasteiger partial charge >= 0.3 is 5.97 Å². The van der Waals surface area contributed by atoms with Crippen LogP contribution in [-0.4, -0.2) is 59.5 Å². The highest BCUT2D eigenvalue weighted by Crippen LogP contribution is 2.26. The highest BCUT2D eigenvalue weighted by Gasteiger charge is 2.30. The topological polar surface area (TPSA) is 60.9 Å². The largest absolute Gasteiger partial charge is 0.481 e. The Morgan fingerprint density at radius 3 is 2.44 bits per heavy atom. The Labute approximate surface area is 109 Å². The molecule has 1 rings (SSSR count). The van der Waals surface area contributed by atoms with Crippen LogP contribution in [0.25, 0.3) is 0 Å². The number of amides is 1. The van der Waals surface area contributed by atoms with Crippen LogP contribution in [0.15, 0.2) is 0 Å². The van der Waals surface area contributed by atoms with E-state index >= 15 is 0 Å². The SMILES string of the molecule is CCCCN(C)C(=O)CN(CCC(=O)O)C1CC1. The Bertz CT molecular complexity index is 290. The molecule has 1 fully saturated rings. The van der Waals surface area contributed by atoms with Gasteiger partial charge in [-0.05, 0) is 19.3 Å². The Hall–Kier alpha value is -1.10. The van der Waals surface area contributed by atoms with Crippen molar-refractivity contribution < 1.29 is 14.7 Å². The molecule has 1 saturated carbocycles. The van der Waals surface area contributed by atoms with Crippen LogP contribution in [0.2, 0.25) is 0 Å². The molecule has 5 heteroatoms. The number of hydrogen-bond acceptors (Lipinski definition) is 3. The predicted molar refractivity (Wildman–Crippen MR) is 69.4 cm³/mol. The summed E-state index contributed by atoms with van der Waals surface area (Å²) >= 11 is 0. The van der Waals surface area contributed by atoms with Gasteiger partial charge in [-0.15, -0.1) is 0 Å². The maximum absolute atomic E-state index is 12.0. The first kappa shape index (κ1) is 15.0. The number of likely N-dealkylation sites (N-methyl/N-ethyl adjacent to an activating group) is 1. The molecule has 0 saturated heterocycles. The molecule has 0 heterocycles. The molecule has 1 N–H and O–H groups in total. The van der Waals surface area contributed by atoms with Crippen molar-refractivity contribution in [2.24, 2.45) is 0 Å². The molecular weight excluding hydrogens is 232 g/mol. The van der Waals surface area contributed by atoms with E-state index < -0.39 is 5.97 Å². The summed E-state index contributed by atoms with van der Waals surface area (Å²) in [6, 6.07) is 0.424. The second-order valence-electron chi connectivity index (χ2n) is 5.01. The third-order valence-electron chi connectivity index (χ3n) is 3.29. The van der Waals surface area contributed by atoms with Crippen LogP contribution in [0.5, 0.6) is 0 Å². The van der Waals surface area contributed by atoms with Crippen molar-refractivity contribution in [1.82, 2.24) is 9.80 Å². The van der Waals surface area contributed by atoms with Crippen LogP contribution < -0.4 is 0 Å². The number of aliphatic carboxylic acids is 1. The molecule has 0 unspecified atom stereocenters. The van der Waals surface area contributed by atoms with Gasteiger partial charge < -0.3 is 10.0 Å². The average molecular weight is 256 g/mol. The van der Waals surface area contributed by atoms with Gasteiger partial charge in [-0.25, -0.2) is 0 Å². The maximum Gasteiger partial charge on any atom is 0.304 e. The highest BCUT2D eigenvalue weighted by atomic mass is 16.4. The number of unbranched alkanes of at least 4 members (excludes halogenated alkanes) is 1. The zero-order chi connectivity index (χ0) is 13.5. The first-order valence-electron chi connectivity index (χ1n) is 6.74. The molecule has 0 aromatic rings. The van der Waals surface area contributed by atoms with Crippen molar-refractivity contribution in [2.75, 3.05) is 26.7 Å². The lowest BCUT2D eigenvalue weighted by Gasteiger charge is -2.24. The van der Waals surface area contributed by atoms with Gasteiger partial charge in [-0.2, -0.15) is 0 Å². The van der Waals surface area contributed by atoms with Crippen molar-refractivity contribution in [3.63, 3.8) is 0 Å².